The van der Waals surface area contributed by atoms with Crippen molar-refractivity contribution in [1.29, 1.82) is 0 Å². The van der Waals surface area contributed by atoms with Crippen molar-refractivity contribution in [3.05, 3.63) is 101 Å². The molecule has 4 nitrogen and oxygen atoms in total. The number of hydrogen-bond acceptors (Lipinski definition) is 2. The molecule has 0 saturated heterocycles. The fourth-order valence-corrected chi connectivity index (χ4v) is 4.38. The molecule has 4 aromatic rings. The molecule has 2 aromatic carbocycles. The highest BCUT2D eigenvalue weighted by molar-refractivity contribution is 5.97. The maximum Gasteiger partial charge on any atom is 0.417 e. The first kappa shape index (κ1) is 19.4. The molecule has 0 fully saturated rings. The third-order valence-corrected chi connectivity index (χ3v) is 5.73. The summed E-state index contributed by atoms with van der Waals surface area (Å²) in [6, 6.07) is 17.5. The third-order valence-electron chi connectivity index (χ3n) is 5.73. The van der Waals surface area contributed by atoms with Crippen LogP contribution in [0.1, 0.15) is 38.9 Å². The van der Waals surface area contributed by atoms with E-state index >= 15 is 0 Å². The van der Waals surface area contributed by atoms with Gasteiger partial charge in [-0.2, -0.15) is 13.2 Å². The molecule has 1 atom stereocenters. The standard InChI is InChI=1S/C24H18F3N3O/c25-24(26,27)18-9-3-1-8-17(18)23(31)30-14-12-16-15-7-2-4-10-19(15)29-21(16)22(30)20-11-5-6-13-28-20/h1-11,13,22,29H,12,14H2/t22-/m1/s1. The van der Waals surface area contributed by atoms with Crippen LogP contribution in [0.25, 0.3) is 10.9 Å². The Morgan fingerprint density at radius 1 is 1.00 bits per heavy atom. The molecule has 0 unspecified atom stereocenters. The Balaban J connectivity index is 1.67. The van der Waals surface area contributed by atoms with Crippen molar-refractivity contribution in [2.24, 2.45) is 0 Å². The smallest absolute Gasteiger partial charge is 0.356 e. The Hall–Kier alpha value is -3.61. The summed E-state index contributed by atoms with van der Waals surface area (Å²) in [4.78, 5) is 22.8. The van der Waals surface area contributed by atoms with Gasteiger partial charge >= 0.3 is 6.18 Å². The normalized spacial score (nSPS) is 16.4. The first-order chi connectivity index (χ1) is 14.9. The Kier molecular flexibility index (Phi) is 4.54. The molecule has 1 amide bonds. The third kappa shape index (κ3) is 3.26. The van der Waals surface area contributed by atoms with Crippen LogP contribution in [0.3, 0.4) is 0 Å². The van der Waals surface area contributed by atoms with Crippen LogP contribution in [0.15, 0.2) is 72.9 Å². The van der Waals surface area contributed by atoms with Gasteiger partial charge < -0.3 is 9.88 Å². The topological polar surface area (TPSA) is 49.0 Å². The molecule has 0 aliphatic carbocycles. The second kappa shape index (κ2) is 7.27. The van der Waals surface area contributed by atoms with E-state index in [1.54, 1.807) is 18.3 Å². The van der Waals surface area contributed by atoms with Gasteiger partial charge in [0.1, 0.15) is 6.04 Å². The van der Waals surface area contributed by atoms with Crippen LogP contribution in [0.5, 0.6) is 0 Å². The lowest BCUT2D eigenvalue weighted by molar-refractivity contribution is -0.138. The van der Waals surface area contributed by atoms with Gasteiger partial charge in [0, 0.05) is 29.3 Å². The second-order valence-corrected chi connectivity index (χ2v) is 7.51. The molecule has 1 aliphatic heterocycles. The lowest BCUT2D eigenvalue weighted by Crippen LogP contribution is -2.41. The number of benzene rings is 2. The van der Waals surface area contributed by atoms with Crippen molar-refractivity contribution in [2.45, 2.75) is 18.6 Å². The van der Waals surface area contributed by atoms with Crippen LogP contribution >= 0.6 is 0 Å². The van der Waals surface area contributed by atoms with Gasteiger partial charge in [-0.05, 0) is 42.3 Å². The average Bonchev–Trinajstić information content (AvgIpc) is 3.16. The number of para-hydroxylation sites is 1. The predicted octanol–water partition coefficient (Wildman–Crippen LogP) is 5.37. The molecule has 31 heavy (non-hydrogen) atoms. The number of H-pyrrole nitrogens is 1. The number of nitrogens with one attached hydrogen (secondary N) is 1. The molecule has 0 spiro atoms. The van der Waals surface area contributed by atoms with E-state index in [-0.39, 0.29) is 5.56 Å². The summed E-state index contributed by atoms with van der Waals surface area (Å²) in [7, 11) is 0. The lowest BCUT2D eigenvalue weighted by Gasteiger charge is -2.36. The van der Waals surface area contributed by atoms with Crippen LogP contribution < -0.4 is 0 Å². The van der Waals surface area contributed by atoms with E-state index in [0.29, 0.717) is 18.7 Å². The van der Waals surface area contributed by atoms with Crippen molar-refractivity contribution >= 4 is 16.8 Å². The minimum absolute atomic E-state index is 0.293. The average molecular weight is 421 g/mol. The number of alkyl halides is 3. The van der Waals surface area contributed by atoms with Gasteiger partial charge in [-0.3, -0.25) is 9.78 Å². The van der Waals surface area contributed by atoms with Crippen LogP contribution in [0, 0.1) is 0 Å². The van der Waals surface area contributed by atoms with Gasteiger partial charge in [0.05, 0.1) is 16.8 Å². The Morgan fingerprint density at radius 2 is 1.74 bits per heavy atom. The Labute approximate surface area is 176 Å². The summed E-state index contributed by atoms with van der Waals surface area (Å²) in [5.41, 5.74) is 2.12. The largest absolute Gasteiger partial charge is 0.417 e. The molecule has 0 bridgehead atoms. The van der Waals surface area contributed by atoms with Crippen LogP contribution in [-0.2, 0) is 12.6 Å². The highest BCUT2D eigenvalue weighted by atomic mass is 19.4. The van der Waals surface area contributed by atoms with E-state index in [2.05, 4.69) is 9.97 Å². The quantitative estimate of drug-likeness (QED) is 0.473. The van der Waals surface area contributed by atoms with Gasteiger partial charge in [-0.1, -0.05) is 36.4 Å². The Bertz CT molecular complexity index is 1260. The summed E-state index contributed by atoms with van der Waals surface area (Å²) < 4.78 is 40.8. The van der Waals surface area contributed by atoms with Gasteiger partial charge in [-0.25, -0.2) is 0 Å². The molecule has 5 rings (SSSR count). The zero-order valence-electron chi connectivity index (χ0n) is 16.4. The number of fused-ring (bicyclic) bond motifs is 3. The zero-order chi connectivity index (χ0) is 21.6. The van der Waals surface area contributed by atoms with Crippen molar-refractivity contribution in [1.82, 2.24) is 14.9 Å². The van der Waals surface area contributed by atoms with E-state index < -0.39 is 23.7 Å². The maximum absolute atomic E-state index is 13.6. The molecule has 0 radical (unpaired) electrons. The van der Waals surface area contributed by atoms with Crippen molar-refractivity contribution in [3.8, 4) is 0 Å². The van der Waals surface area contributed by atoms with E-state index in [4.69, 9.17) is 0 Å². The minimum Gasteiger partial charge on any atom is -0.356 e. The van der Waals surface area contributed by atoms with E-state index in [9.17, 15) is 18.0 Å². The highest BCUT2D eigenvalue weighted by Gasteiger charge is 2.40. The van der Waals surface area contributed by atoms with Gasteiger partial charge in [-0.15, -0.1) is 0 Å². The summed E-state index contributed by atoms with van der Waals surface area (Å²) in [5.74, 6) is -0.659. The molecule has 156 valence electrons. The molecular formula is C24H18F3N3O. The monoisotopic (exact) mass is 421 g/mol. The van der Waals surface area contributed by atoms with E-state index in [1.807, 2.05) is 30.3 Å². The highest BCUT2D eigenvalue weighted by Crippen LogP contribution is 2.40. The predicted molar refractivity (Wildman–Crippen MR) is 111 cm³/mol. The van der Waals surface area contributed by atoms with Gasteiger partial charge in [0.15, 0.2) is 0 Å². The van der Waals surface area contributed by atoms with Crippen molar-refractivity contribution in [2.75, 3.05) is 6.54 Å². The number of hydrogen-bond donors (Lipinski definition) is 1. The van der Waals surface area contributed by atoms with Crippen LogP contribution in [-0.4, -0.2) is 27.3 Å². The number of halogens is 3. The fraction of sp³-hybridized carbons (Fsp3) is 0.167. The molecule has 1 N–H and O–H groups in total. The summed E-state index contributed by atoms with van der Waals surface area (Å²) >= 11 is 0. The molecule has 7 heteroatoms. The fourth-order valence-electron chi connectivity index (χ4n) is 4.38. The maximum atomic E-state index is 13.6. The second-order valence-electron chi connectivity index (χ2n) is 7.51. The van der Waals surface area contributed by atoms with Crippen LogP contribution in [0.4, 0.5) is 13.2 Å². The lowest BCUT2D eigenvalue weighted by atomic mass is 9.93. The number of carbonyl (C=O) groups is 1. The van der Waals surface area contributed by atoms with Crippen molar-refractivity contribution in [3.63, 3.8) is 0 Å². The molecule has 0 saturated carbocycles. The first-order valence-electron chi connectivity index (χ1n) is 9.93. The van der Waals surface area contributed by atoms with E-state index in [1.165, 1.54) is 23.1 Å². The molecule has 2 aromatic heterocycles. The first-order valence-corrected chi connectivity index (χ1v) is 9.93. The summed E-state index contributed by atoms with van der Waals surface area (Å²) in [6.45, 7) is 0.293. The van der Waals surface area contributed by atoms with Gasteiger partial charge in [0.2, 0.25) is 0 Å². The van der Waals surface area contributed by atoms with Crippen LogP contribution in [0.2, 0.25) is 0 Å². The van der Waals surface area contributed by atoms with E-state index in [0.717, 1.165) is 28.2 Å². The number of rotatable bonds is 2. The number of pyridine rings is 1. The number of carbonyl (C=O) groups excluding carboxylic acids is 1. The zero-order valence-corrected chi connectivity index (χ0v) is 16.4. The molecular weight excluding hydrogens is 403 g/mol. The number of aromatic nitrogens is 2. The van der Waals surface area contributed by atoms with Crippen molar-refractivity contribution < 1.29 is 18.0 Å². The number of nitrogens with zero attached hydrogens (tertiary/aromatic N) is 2. The van der Waals surface area contributed by atoms with Gasteiger partial charge in [0.25, 0.3) is 5.91 Å². The number of aromatic amines is 1. The summed E-state index contributed by atoms with van der Waals surface area (Å²) in [6.07, 6.45) is -2.45. The SMILES string of the molecule is O=C(c1ccccc1C(F)(F)F)N1CCc2c([nH]c3ccccc23)[C@H]1c1ccccn1. The Morgan fingerprint density at radius 3 is 2.52 bits per heavy atom. The molecule has 1 aliphatic rings. The molecule has 3 heterocycles. The number of amides is 1. The minimum atomic E-state index is -4.62. The summed E-state index contributed by atoms with van der Waals surface area (Å²) in [5, 5.41) is 1.06.